The zero-order chi connectivity index (χ0) is 14.1. The van der Waals surface area contributed by atoms with Crippen LogP contribution in [0.2, 0.25) is 5.02 Å². The molecule has 0 unspecified atom stereocenters. The second-order valence-corrected chi connectivity index (χ2v) is 5.33. The van der Waals surface area contributed by atoms with Crippen LogP contribution in [0.25, 0.3) is 0 Å². The van der Waals surface area contributed by atoms with Crippen LogP contribution in [0, 0.1) is 5.41 Å². The number of aliphatic hydroxyl groups excluding tert-OH is 1. The fourth-order valence-corrected chi connectivity index (χ4v) is 1.75. The number of nitrogens with two attached hydrogens (primary N) is 1. The Labute approximate surface area is 121 Å². The van der Waals surface area contributed by atoms with Crippen molar-refractivity contribution in [2.75, 3.05) is 6.61 Å². The monoisotopic (exact) mass is 317 g/mol. The lowest BCUT2D eigenvalue weighted by atomic mass is 9.81. The molecule has 0 aromatic heterocycles. The summed E-state index contributed by atoms with van der Waals surface area (Å²) in [6.45, 7) is 3.11. The Morgan fingerprint density at radius 3 is 2.21 bits per heavy atom. The molecule has 110 valence electrons. The van der Waals surface area contributed by atoms with Gasteiger partial charge in [0, 0.05) is 23.1 Å². The van der Waals surface area contributed by atoms with Gasteiger partial charge < -0.3 is 10.8 Å². The van der Waals surface area contributed by atoms with Crippen molar-refractivity contribution in [2.24, 2.45) is 11.1 Å². The van der Waals surface area contributed by atoms with Gasteiger partial charge in [-0.2, -0.15) is 13.2 Å². The van der Waals surface area contributed by atoms with E-state index in [1.807, 2.05) is 0 Å². The van der Waals surface area contributed by atoms with Gasteiger partial charge in [0.15, 0.2) is 0 Å². The van der Waals surface area contributed by atoms with Crippen molar-refractivity contribution in [3.8, 4) is 0 Å². The lowest BCUT2D eigenvalue weighted by molar-refractivity contribution is -0.137. The number of hydrogen-bond donors (Lipinski definition) is 2. The minimum absolute atomic E-state index is 0. The fraction of sp³-hybridized carbons (Fsp3) is 0.500. The third kappa shape index (κ3) is 4.53. The van der Waals surface area contributed by atoms with E-state index in [9.17, 15) is 18.3 Å². The zero-order valence-corrected chi connectivity index (χ0v) is 12.0. The quantitative estimate of drug-likeness (QED) is 0.890. The van der Waals surface area contributed by atoms with E-state index >= 15 is 0 Å². The summed E-state index contributed by atoms with van der Waals surface area (Å²) in [4.78, 5) is 0. The maximum atomic E-state index is 12.6. The molecule has 1 aromatic rings. The molecular formula is C12H16Cl2F3NO. The Kier molecular flexibility index (Phi) is 6.14. The van der Waals surface area contributed by atoms with Crippen LogP contribution in [-0.2, 0) is 6.18 Å². The van der Waals surface area contributed by atoms with E-state index in [4.69, 9.17) is 17.3 Å². The van der Waals surface area contributed by atoms with Crippen LogP contribution >= 0.6 is 24.0 Å². The van der Waals surface area contributed by atoms with E-state index < -0.39 is 23.2 Å². The van der Waals surface area contributed by atoms with Crippen molar-refractivity contribution >= 4 is 24.0 Å². The molecule has 0 spiro atoms. The van der Waals surface area contributed by atoms with Crippen molar-refractivity contribution in [3.05, 3.63) is 34.3 Å². The summed E-state index contributed by atoms with van der Waals surface area (Å²) >= 11 is 5.68. The highest BCUT2D eigenvalue weighted by Gasteiger charge is 2.33. The molecule has 1 aromatic carbocycles. The normalized spacial score (nSPS) is 13.9. The molecule has 0 heterocycles. The van der Waals surface area contributed by atoms with Gasteiger partial charge in [0.05, 0.1) is 5.56 Å². The topological polar surface area (TPSA) is 46.2 Å². The van der Waals surface area contributed by atoms with E-state index in [1.54, 1.807) is 13.8 Å². The van der Waals surface area contributed by atoms with Gasteiger partial charge in [-0.3, -0.25) is 0 Å². The van der Waals surface area contributed by atoms with Crippen LogP contribution in [0.15, 0.2) is 18.2 Å². The average molecular weight is 318 g/mol. The van der Waals surface area contributed by atoms with Crippen LogP contribution in [0.3, 0.4) is 0 Å². The Hall–Kier alpha value is -0.490. The van der Waals surface area contributed by atoms with Gasteiger partial charge in [-0.25, -0.2) is 0 Å². The second-order valence-electron chi connectivity index (χ2n) is 4.90. The number of halogens is 5. The Morgan fingerprint density at radius 2 is 1.79 bits per heavy atom. The van der Waals surface area contributed by atoms with Crippen molar-refractivity contribution in [3.63, 3.8) is 0 Å². The molecule has 1 rings (SSSR count). The molecule has 19 heavy (non-hydrogen) atoms. The van der Waals surface area contributed by atoms with Gasteiger partial charge in [0.1, 0.15) is 0 Å². The predicted octanol–water partition coefficient (Wildman–Crippen LogP) is 3.80. The molecule has 0 aliphatic heterocycles. The van der Waals surface area contributed by atoms with Crippen LogP contribution in [0.4, 0.5) is 13.2 Å². The lowest BCUT2D eigenvalue weighted by Gasteiger charge is -2.30. The third-order valence-electron chi connectivity index (χ3n) is 2.86. The summed E-state index contributed by atoms with van der Waals surface area (Å²) in [6, 6.07) is 2.47. The van der Waals surface area contributed by atoms with Crippen LogP contribution in [0.5, 0.6) is 0 Å². The Bertz CT molecular complexity index is 435. The minimum atomic E-state index is -4.47. The first-order valence-corrected chi connectivity index (χ1v) is 5.70. The van der Waals surface area contributed by atoms with Gasteiger partial charge in [0.25, 0.3) is 0 Å². The largest absolute Gasteiger partial charge is 0.416 e. The summed E-state index contributed by atoms with van der Waals surface area (Å²) in [6.07, 6.45) is -4.47. The number of aliphatic hydroxyl groups is 1. The molecule has 0 saturated carbocycles. The molecule has 0 amide bonds. The molecule has 0 saturated heterocycles. The number of hydrogen-bond acceptors (Lipinski definition) is 2. The maximum Gasteiger partial charge on any atom is 0.416 e. The molecule has 3 N–H and O–H groups in total. The van der Waals surface area contributed by atoms with Crippen LogP contribution in [0.1, 0.15) is 31.0 Å². The Balaban J connectivity index is 0.00000324. The highest BCUT2D eigenvalue weighted by molar-refractivity contribution is 6.30. The third-order valence-corrected chi connectivity index (χ3v) is 3.07. The molecular weight excluding hydrogens is 302 g/mol. The van der Waals surface area contributed by atoms with Gasteiger partial charge in [-0.15, -0.1) is 12.4 Å². The summed E-state index contributed by atoms with van der Waals surface area (Å²) < 4.78 is 37.9. The summed E-state index contributed by atoms with van der Waals surface area (Å²) in [5, 5.41) is 9.16. The number of alkyl halides is 3. The van der Waals surface area contributed by atoms with Crippen LogP contribution < -0.4 is 5.73 Å². The molecule has 0 bridgehead atoms. The summed E-state index contributed by atoms with van der Waals surface area (Å²) in [7, 11) is 0. The number of rotatable bonds is 3. The Morgan fingerprint density at radius 1 is 1.26 bits per heavy atom. The highest BCUT2D eigenvalue weighted by Crippen LogP contribution is 2.36. The van der Waals surface area contributed by atoms with E-state index in [0.717, 1.165) is 12.1 Å². The molecule has 0 aliphatic rings. The van der Waals surface area contributed by atoms with E-state index in [2.05, 4.69) is 0 Å². The molecule has 0 radical (unpaired) electrons. The summed E-state index contributed by atoms with van der Waals surface area (Å²) in [5.74, 6) is 0. The maximum absolute atomic E-state index is 12.6. The first kappa shape index (κ1) is 18.5. The SMILES string of the molecule is CC(C)(CO)[C@H](N)c1cc(Cl)cc(C(F)(F)F)c1.Cl. The van der Waals surface area contributed by atoms with Crippen molar-refractivity contribution in [2.45, 2.75) is 26.1 Å². The van der Waals surface area contributed by atoms with Gasteiger partial charge in [-0.1, -0.05) is 25.4 Å². The number of benzene rings is 1. The standard InChI is InChI=1S/C12H15ClF3NO.ClH/c1-11(2,6-18)10(17)7-3-8(12(14,15)16)5-9(13)4-7;/h3-5,10,18H,6,17H2,1-2H3;1H/t10-;/m1./s1. The first-order valence-electron chi connectivity index (χ1n) is 5.32. The molecule has 7 heteroatoms. The molecule has 1 atom stereocenters. The van der Waals surface area contributed by atoms with Gasteiger partial charge >= 0.3 is 6.18 Å². The predicted molar refractivity (Wildman–Crippen MR) is 71.5 cm³/mol. The molecule has 0 fully saturated rings. The van der Waals surface area contributed by atoms with Crippen molar-refractivity contribution in [1.82, 2.24) is 0 Å². The second kappa shape index (κ2) is 6.31. The average Bonchev–Trinajstić information content (AvgIpc) is 2.26. The molecule has 0 aliphatic carbocycles. The van der Waals surface area contributed by atoms with Gasteiger partial charge in [0.2, 0.25) is 0 Å². The van der Waals surface area contributed by atoms with Gasteiger partial charge in [-0.05, 0) is 23.8 Å². The zero-order valence-electron chi connectivity index (χ0n) is 10.5. The summed E-state index contributed by atoms with van der Waals surface area (Å²) in [5.41, 5.74) is 4.57. The van der Waals surface area contributed by atoms with Crippen LogP contribution in [-0.4, -0.2) is 11.7 Å². The first-order chi connectivity index (χ1) is 8.08. The lowest BCUT2D eigenvalue weighted by Crippen LogP contribution is -2.32. The van der Waals surface area contributed by atoms with E-state index in [1.165, 1.54) is 6.07 Å². The van der Waals surface area contributed by atoms with Crippen molar-refractivity contribution < 1.29 is 18.3 Å². The minimum Gasteiger partial charge on any atom is -0.396 e. The smallest absolute Gasteiger partial charge is 0.396 e. The van der Waals surface area contributed by atoms with Crippen molar-refractivity contribution in [1.29, 1.82) is 0 Å². The van der Waals surface area contributed by atoms with E-state index in [-0.39, 0.29) is 29.6 Å². The highest BCUT2D eigenvalue weighted by atomic mass is 35.5. The fourth-order valence-electron chi connectivity index (χ4n) is 1.51. The van der Waals surface area contributed by atoms with E-state index in [0.29, 0.717) is 0 Å². The molecule has 2 nitrogen and oxygen atoms in total.